The number of aliphatic hydroxyl groups is 1. The van der Waals surface area contributed by atoms with Crippen LogP contribution in [0.4, 0.5) is 13.2 Å². The van der Waals surface area contributed by atoms with Gasteiger partial charge in [-0.05, 0) is 79.8 Å². The molecule has 0 spiro atoms. The van der Waals surface area contributed by atoms with Crippen LogP contribution in [-0.4, -0.2) is 52.8 Å². The second-order valence-corrected chi connectivity index (χ2v) is 9.49. The molecule has 1 fully saturated rings. The van der Waals surface area contributed by atoms with Crippen LogP contribution in [0.15, 0.2) is 54.7 Å². The number of likely N-dealkylation sites (tertiary alicyclic amines) is 1. The minimum absolute atomic E-state index is 0.113. The minimum Gasteiger partial charge on any atom is -0.497 e. The summed E-state index contributed by atoms with van der Waals surface area (Å²) in [6, 6.07) is 12.1. The van der Waals surface area contributed by atoms with E-state index in [0.29, 0.717) is 38.1 Å². The fourth-order valence-electron chi connectivity index (χ4n) is 4.96. The van der Waals surface area contributed by atoms with Crippen molar-refractivity contribution in [2.75, 3.05) is 26.7 Å². The normalized spacial score (nSPS) is 19.0. The fourth-order valence-corrected chi connectivity index (χ4v) is 4.96. The van der Waals surface area contributed by atoms with Crippen LogP contribution in [0.25, 0.3) is 10.9 Å². The van der Waals surface area contributed by atoms with Crippen LogP contribution in [0, 0.1) is 23.7 Å². The van der Waals surface area contributed by atoms with Crippen molar-refractivity contribution in [3.63, 3.8) is 0 Å². The maximum atomic E-state index is 12.9. The van der Waals surface area contributed by atoms with Crippen molar-refractivity contribution in [3.8, 4) is 17.6 Å². The number of hydrogen-bond acceptors (Lipinski definition) is 5. The third-order valence-electron chi connectivity index (χ3n) is 7.03. The highest BCUT2D eigenvalue weighted by Crippen LogP contribution is 2.34. The first-order chi connectivity index (χ1) is 18.2. The average Bonchev–Trinajstić information content (AvgIpc) is 2.91. The summed E-state index contributed by atoms with van der Waals surface area (Å²) in [6.07, 6.45) is -2.00. The molecule has 4 rings (SSSR count). The largest absolute Gasteiger partial charge is 0.497 e. The van der Waals surface area contributed by atoms with Crippen molar-refractivity contribution in [3.05, 3.63) is 71.4 Å². The summed E-state index contributed by atoms with van der Waals surface area (Å²) in [6.45, 7) is 1.18. The van der Waals surface area contributed by atoms with Gasteiger partial charge in [-0.3, -0.25) is 14.7 Å². The van der Waals surface area contributed by atoms with E-state index < -0.39 is 29.7 Å². The molecule has 38 heavy (non-hydrogen) atoms. The predicted molar refractivity (Wildman–Crippen MR) is 136 cm³/mol. The first kappa shape index (κ1) is 27.4. The van der Waals surface area contributed by atoms with Crippen LogP contribution < -0.4 is 4.74 Å². The number of aromatic nitrogens is 1. The number of fused-ring (bicyclic) bond motifs is 1. The van der Waals surface area contributed by atoms with Gasteiger partial charge in [-0.2, -0.15) is 13.2 Å². The minimum atomic E-state index is -4.43. The zero-order valence-corrected chi connectivity index (χ0v) is 20.9. The first-order valence-corrected chi connectivity index (χ1v) is 12.4. The van der Waals surface area contributed by atoms with Crippen molar-refractivity contribution in [2.24, 2.45) is 11.8 Å². The smallest absolute Gasteiger partial charge is 0.416 e. The molecule has 0 bridgehead atoms. The number of pyridine rings is 1. The second kappa shape index (κ2) is 11.8. The Balaban J connectivity index is 1.37. The maximum Gasteiger partial charge on any atom is 0.416 e. The fraction of sp³-hybridized carbons (Fsp3) is 0.379. The number of carboxylic acids is 1. The summed E-state index contributed by atoms with van der Waals surface area (Å²) in [5.41, 5.74) is 0.977. The molecule has 0 saturated carbocycles. The van der Waals surface area contributed by atoms with E-state index in [1.54, 1.807) is 25.4 Å². The van der Waals surface area contributed by atoms with Crippen LogP contribution in [0.5, 0.6) is 5.75 Å². The van der Waals surface area contributed by atoms with Crippen molar-refractivity contribution < 1.29 is 32.9 Å². The molecule has 0 amide bonds. The van der Waals surface area contributed by atoms with Gasteiger partial charge in [0.05, 0.1) is 36.8 Å². The highest BCUT2D eigenvalue weighted by atomic mass is 19.4. The number of halogens is 3. The molecule has 2 heterocycles. The number of ether oxygens (including phenoxy) is 1. The summed E-state index contributed by atoms with van der Waals surface area (Å²) >= 11 is 0. The van der Waals surface area contributed by atoms with E-state index in [2.05, 4.69) is 16.8 Å². The van der Waals surface area contributed by atoms with Crippen LogP contribution >= 0.6 is 0 Å². The van der Waals surface area contributed by atoms with Crippen LogP contribution in [-0.2, 0) is 11.0 Å². The first-order valence-electron chi connectivity index (χ1n) is 12.4. The number of alkyl halides is 3. The molecule has 0 aliphatic carbocycles. The van der Waals surface area contributed by atoms with E-state index >= 15 is 0 Å². The maximum absolute atomic E-state index is 12.9. The van der Waals surface area contributed by atoms with E-state index in [-0.39, 0.29) is 18.0 Å². The monoisotopic (exact) mass is 526 g/mol. The SMILES string of the molecule is COc1ccc2nccc([C@H](O)CC[C@@H]3CCN(CC#Cc4cccc(C(F)(F)F)c4)C[C@@H]3C(=O)O)c2c1. The van der Waals surface area contributed by atoms with Gasteiger partial charge in [-0.1, -0.05) is 17.9 Å². The number of hydrogen-bond donors (Lipinski definition) is 2. The number of aliphatic hydroxyl groups excluding tert-OH is 1. The van der Waals surface area contributed by atoms with Crippen molar-refractivity contribution in [1.82, 2.24) is 9.88 Å². The Morgan fingerprint density at radius 2 is 2.05 bits per heavy atom. The van der Waals surface area contributed by atoms with E-state index in [1.807, 2.05) is 17.0 Å². The summed E-state index contributed by atoms with van der Waals surface area (Å²) in [7, 11) is 1.57. The number of methoxy groups -OCH3 is 1. The molecule has 0 radical (unpaired) electrons. The number of rotatable bonds is 7. The van der Waals surface area contributed by atoms with E-state index in [9.17, 15) is 28.2 Å². The molecule has 3 atom stereocenters. The lowest BCUT2D eigenvalue weighted by atomic mass is 9.81. The highest BCUT2D eigenvalue weighted by Gasteiger charge is 2.34. The van der Waals surface area contributed by atoms with Crippen molar-refractivity contribution in [2.45, 2.75) is 31.5 Å². The zero-order chi connectivity index (χ0) is 27.3. The summed E-state index contributed by atoms with van der Waals surface area (Å²) in [5, 5.41) is 21.6. The predicted octanol–water partition coefficient (Wildman–Crippen LogP) is 5.15. The quantitative estimate of drug-likeness (QED) is 0.415. The zero-order valence-electron chi connectivity index (χ0n) is 20.9. The molecule has 9 heteroatoms. The average molecular weight is 527 g/mol. The van der Waals surface area contributed by atoms with Gasteiger partial charge in [-0.25, -0.2) is 0 Å². The number of nitrogens with zero attached hydrogens (tertiary/aromatic N) is 2. The highest BCUT2D eigenvalue weighted by molar-refractivity contribution is 5.83. The Hall–Kier alpha value is -3.61. The Labute approximate surface area is 219 Å². The number of piperidine rings is 1. The van der Waals surface area contributed by atoms with Gasteiger partial charge in [0, 0.05) is 23.7 Å². The molecule has 2 N–H and O–H groups in total. The molecule has 1 saturated heterocycles. The molecule has 6 nitrogen and oxygen atoms in total. The number of aliphatic carboxylic acids is 1. The van der Waals surface area contributed by atoms with Crippen LogP contribution in [0.3, 0.4) is 0 Å². The number of benzene rings is 2. The Morgan fingerprint density at radius 3 is 2.79 bits per heavy atom. The van der Waals surface area contributed by atoms with Gasteiger partial charge in [-0.15, -0.1) is 0 Å². The van der Waals surface area contributed by atoms with E-state index in [1.165, 1.54) is 12.1 Å². The molecule has 0 unspecified atom stereocenters. The topological polar surface area (TPSA) is 82.9 Å². The lowest BCUT2D eigenvalue weighted by Gasteiger charge is -2.36. The third kappa shape index (κ3) is 6.63. The summed E-state index contributed by atoms with van der Waals surface area (Å²) in [4.78, 5) is 18.3. The molecule has 1 aromatic heterocycles. The van der Waals surface area contributed by atoms with Gasteiger partial charge in [0.2, 0.25) is 0 Å². The molecule has 2 aromatic carbocycles. The second-order valence-electron chi connectivity index (χ2n) is 9.49. The Morgan fingerprint density at radius 1 is 1.24 bits per heavy atom. The van der Waals surface area contributed by atoms with Gasteiger partial charge in [0.25, 0.3) is 0 Å². The van der Waals surface area contributed by atoms with Crippen LogP contribution in [0.2, 0.25) is 0 Å². The van der Waals surface area contributed by atoms with Gasteiger partial charge in [0.1, 0.15) is 5.75 Å². The number of carbonyl (C=O) groups is 1. The molecule has 200 valence electrons. The molecule has 1 aliphatic rings. The Kier molecular flexibility index (Phi) is 8.55. The van der Waals surface area contributed by atoms with Gasteiger partial charge >= 0.3 is 12.1 Å². The molecule has 3 aromatic rings. The van der Waals surface area contributed by atoms with E-state index in [0.717, 1.165) is 28.6 Å². The lowest BCUT2D eigenvalue weighted by Crippen LogP contribution is -2.44. The number of carboxylic acid groups (broad SMARTS) is 1. The van der Waals surface area contributed by atoms with Crippen molar-refractivity contribution >= 4 is 16.9 Å². The lowest BCUT2D eigenvalue weighted by molar-refractivity contribution is -0.146. The van der Waals surface area contributed by atoms with Crippen molar-refractivity contribution in [1.29, 1.82) is 0 Å². The van der Waals surface area contributed by atoms with Gasteiger partial charge in [0.15, 0.2) is 0 Å². The Bertz CT molecular complexity index is 1350. The van der Waals surface area contributed by atoms with Gasteiger partial charge < -0.3 is 14.9 Å². The third-order valence-corrected chi connectivity index (χ3v) is 7.03. The summed E-state index contributed by atoms with van der Waals surface area (Å²) in [5.74, 6) is 4.66. The molecule has 1 aliphatic heterocycles. The standard InChI is InChI=1S/C29H29F3N2O4/c1-38-22-8-9-26-24(17-22)23(11-13-33-26)27(35)10-7-20-12-15-34(18-25(20)28(36)37)14-3-5-19-4-2-6-21(16-19)29(30,31)32/h2,4,6,8-9,11,13,16-17,20,25,27,35H,7,10,12,14-15,18H2,1H3,(H,36,37)/t20-,25+,27-/m1/s1. The van der Waals surface area contributed by atoms with Crippen LogP contribution in [0.1, 0.15) is 42.1 Å². The molecular formula is C29H29F3N2O4. The van der Waals surface area contributed by atoms with E-state index in [4.69, 9.17) is 4.74 Å². The summed E-state index contributed by atoms with van der Waals surface area (Å²) < 4.78 is 44.0. The molecular weight excluding hydrogens is 497 g/mol.